The van der Waals surface area contributed by atoms with Crippen molar-refractivity contribution in [1.29, 1.82) is 5.26 Å². The van der Waals surface area contributed by atoms with Crippen molar-refractivity contribution in [3.63, 3.8) is 0 Å². The summed E-state index contributed by atoms with van der Waals surface area (Å²) in [6.07, 6.45) is 1.12. The first-order valence-electron chi connectivity index (χ1n) is 5.19. The first kappa shape index (κ1) is 11.4. The summed E-state index contributed by atoms with van der Waals surface area (Å²) in [6.45, 7) is 2.76. The number of halogens is 1. The third-order valence-corrected chi connectivity index (χ3v) is 4.19. The summed E-state index contributed by atoms with van der Waals surface area (Å²) >= 11 is 1.54. The highest BCUT2D eigenvalue weighted by atomic mass is 32.2. The molecule has 1 aromatic rings. The van der Waals surface area contributed by atoms with Crippen LogP contribution in [0.25, 0.3) is 0 Å². The Bertz CT molecular complexity index is 430. The van der Waals surface area contributed by atoms with Crippen molar-refractivity contribution >= 4 is 11.8 Å². The predicted molar refractivity (Wildman–Crippen MR) is 60.8 cm³/mol. The minimum atomic E-state index is -0.445. The van der Waals surface area contributed by atoms with E-state index in [9.17, 15) is 4.39 Å². The van der Waals surface area contributed by atoms with E-state index in [-0.39, 0.29) is 11.7 Å². The number of hydrogen-bond acceptors (Lipinski definition) is 3. The Labute approximate surface area is 98.4 Å². The summed E-state index contributed by atoms with van der Waals surface area (Å²) in [6, 6.07) is 6.66. The van der Waals surface area contributed by atoms with E-state index in [1.165, 1.54) is 17.8 Å². The molecule has 1 heterocycles. The van der Waals surface area contributed by atoms with Crippen LogP contribution < -0.4 is 0 Å². The van der Waals surface area contributed by atoms with Crippen molar-refractivity contribution in [2.45, 2.75) is 29.6 Å². The average Bonchev–Trinajstić information content (AvgIpc) is 2.65. The standard InChI is InChI=1S/C12H12FNOS/c1-8-11(5-6-15-8)16-12-4-2-3-10(13)9(12)7-14/h2-4,8,11H,5-6H2,1H3. The molecular weight excluding hydrogens is 225 g/mol. The molecule has 16 heavy (non-hydrogen) atoms. The van der Waals surface area contributed by atoms with Gasteiger partial charge in [0.05, 0.1) is 6.10 Å². The van der Waals surface area contributed by atoms with Crippen LogP contribution in [0.4, 0.5) is 4.39 Å². The summed E-state index contributed by atoms with van der Waals surface area (Å²) < 4.78 is 18.8. The first-order valence-corrected chi connectivity index (χ1v) is 6.07. The molecule has 1 aliphatic rings. The van der Waals surface area contributed by atoms with Crippen LogP contribution in [-0.2, 0) is 4.74 Å². The normalized spacial score (nSPS) is 24.3. The summed E-state index contributed by atoms with van der Waals surface area (Å²) in [7, 11) is 0. The average molecular weight is 237 g/mol. The Balaban J connectivity index is 2.21. The second-order valence-electron chi connectivity index (χ2n) is 3.75. The first-order chi connectivity index (χ1) is 7.72. The fourth-order valence-corrected chi connectivity index (χ4v) is 2.97. The molecule has 0 aromatic heterocycles. The summed E-state index contributed by atoms with van der Waals surface area (Å²) in [5, 5.41) is 9.22. The van der Waals surface area contributed by atoms with Gasteiger partial charge in [-0.3, -0.25) is 0 Å². The molecule has 1 fully saturated rings. The molecule has 0 bridgehead atoms. The number of nitriles is 1. The van der Waals surface area contributed by atoms with Crippen molar-refractivity contribution < 1.29 is 9.13 Å². The van der Waals surface area contributed by atoms with Crippen molar-refractivity contribution in [2.75, 3.05) is 6.61 Å². The van der Waals surface area contributed by atoms with Gasteiger partial charge < -0.3 is 4.74 Å². The van der Waals surface area contributed by atoms with E-state index in [0.29, 0.717) is 10.1 Å². The van der Waals surface area contributed by atoms with E-state index in [4.69, 9.17) is 10.00 Å². The maximum absolute atomic E-state index is 13.4. The van der Waals surface area contributed by atoms with Gasteiger partial charge in [0.15, 0.2) is 0 Å². The molecule has 0 radical (unpaired) electrons. The largest absolute Gasteiger partial charge is 0.377 e. The quantitative estimate of drug-likeness (QED) is 0.792. The fraction of sp³-hybridized carbons (Fsp3) is 0.417. The zero-order valence-corrected chi connectivity index (χ0v) is 9.76. The third-order valence-electron chi connectivity index (χ3n) is 2.67. The molecule has 1 aromatic carbocycles. The Kier molecular flexibility index (Phi) is 3.47. The Morgan fingerprint density at radius 3 is 3.00 bits per heavy atom. The molecule has 2 atom stereocenters. The topological polar surface area (TPSA) is 33.0 Å². The van der Waals surface area contributed by atoms with Gasteiger partial charge in [0.25, 0.3) is 0 Å². The van der Waals surface area contributed by atoms with Crippen LogP contribution in [0.3, 0.4) is 0 Å². The highest BCUT2D eigenvalue weighted by molar-refractivity contribution is 8.00. The van der Waals surface area contributed by atoms with E-state index in [1.807, 2.05) is 13.0 Å². The molecule has 0 aliphatic carbocycles. The van der Waals surface area contributed by atoms with Gasteiger partial charge in [-0.15, -0.1) is 11.8 Å². The fourth-order valence-electron chi connectivity index (χ4n) is 1.74. The van der Waals surface area contributed by atoms with Crippen LogP contribution >= 0.6 is 11.8 Å². The van der Waals surface area contributed by atoms with E-state index in [1.54, 1.807) is 12.1 Å². The number of benzene rings is 1. The van der Waals surface area contributed by atoms with Crippen LogP contribution in [0.2, 0.25) is 0 Å². The Morgan fingerprint density at radius 2 is 2.38 bits per heavy atom. The van der Waals surface area contributed by atoms with Gasteiger partial charge in [0.1, 0.15) is 17.4 Å². The number of thioether (sulfide) groups is 1. The molecule has 4 heteroatoms. The highest BCUT2D eigenvalue weighted by Gasteiger charge is 2.26. The highest BCUT2D eigenvalue weighted by Crippen LogP contribution is 2.34. The number of hydrogen-bond donors (Lipinski definition) is 0. The summed E-state index contributed by atoms with van der Waals surface area (Å²) in [5.74, 6) is -0.445. The van der Waals surface area contributed by atoms with Crippen LogP contribution in [0, 0.1) is 17.1 Å². The summed E-state index contributed by atoms with van der Waals surface area (Å²) in [4.78, 5) is 0.713. The smallest absolute Gasteiger partial charge is 0.142 e. The van der Waals surface area contributed by atoms with E-state index in [2.05, 4.69) is 0 Å². The van der Waals surface area contributed by atoms with E-state index in [0.717, 1.165) is 13.0 Å². The maximum atomic E-state index is 13.4. The predicted octanol–water partition coefficient (Wildman–Crippen LogP) is 2.97. The lowest BCUT2D eigenvalue weighted by atomic mass is 10.2. The third kappa shape index (κ3) is 2.21. The molecule has 2 nitrogen and oxygen atoms in total. The van der Waals surface area contributed by atoms with Gasteiger partial charge in [-0.25, -0.2) is 4.39 Å². The molecule has 2 unspecified atom stereocenters. The Morgan fingerprint density at radius 1 is 1.56 bits per heavy atom. The lowest BCUT2D eigenvalue weighted by molar-refractivity contribution is 0.127. The lowest BCUT2D eigenvalue weighted by Crippen LogP contribution is -2.13. The van der Waals surface area contributed by atoms with Crippen LogP contribution in [0.1, 0.15) is 18.9 Å². The van der Waals surface area contributed by atoms with Crippen LogP contribution in [0.15, 0.2) is 23.1 Å². The second-order valence-corrected chi connectivity index (χ2v) is 5.03. The van der Waals surface area contributed by atoms with E-state index < -0.39 is 5.82 Å². The molecule has 0 saturated carbocycles. The molecule has 1 aliphatic heterocycles. The molecule has 2 rings (SSSR count). The van der Waals surface area contributed by atoms with Gasteiger partial charge in [-0.2, -0.15) is 5.26 Å². The van der Waals surface area contributed by atoms with Crippen LogP contribution in [-0.4, -0.2) is 18.0 Å². The number of rotatable bonds is 2. The number of ether oxygens (including phenoxy) is 1. The second kappa shape index (κ2) is 4.86. The van der Waals surface area contributed by atoms with Crippen molar-refractivity contribution in [3.05, 3.63) is 29.6 Å². The van der Waals surface area contributed by atoms with Crippen molar-refractivity contribution in [2.24, 2.45) is 0 Å². The molecule has 0 amide bonds. The molecular formula is C12H12FNOS. The van der Waals surface area contributed by atoms with Gasteiger partial charge in [-0.1, -0.05) is 6.07 Å². The number of nitrogens with zero attached hydrogens (tertiary/aromatic N) is 1. The lowest BCUT2D eigenvalue weighted by Gasteiger charge is -2.14. The molecule has 84 valence electrons. The molecule has 0 spiro atoms. The van der Waals surface area contributed by atoms with Gasteiger partial charge >= 0.3 is 0 Å². The summed E-state index contributed by atoms with van der Waals surface area (Å²) in [5.41, 5.74) is 0.145. The zero-order chi connectivity index (χ0) is 11.5. The molecule has 1 saturated heterocycles. The minimum absolute atomic E-state index is 0.145. The van der Waals surface area contributed by atoms with Gasteiger partial charge in [0.2, 0.25) is 0 Å². The minimum Gasteiger partial charge on any atom is -0.377 e. The van der Waals surface area contributed by atoms with Gasteiger partial charge in [0, 0.05) is 16.8 Å². The van der Waals surface area contributed by atoms with E-state index >= 15 is 0 Å². The maximum Gasteiger partial charge on any atom is 0.142 e. The molecule has 0 N–H and O–H groups in total. The zero-order valence-electron chi connectivity index (χ0n) is 8.94. The monoisotopic (exact) mass is 237 g/mol. The Hall–Kier alpha value is -1.05. The van der Waals surface area contributed by atoms with Gasteiger partial charge in [-0.05, 0) is 25.5 Å². The SMILES string of the molecule is CC1OCCC1Sc1cccc(F)c1C#N. The van der Waals surface area contributed by atoms with Crippen LogP contribution in [0.5, 0.6) is 0 Å². The van der Waals surface area contributed by atoms with Crippen molar-refractivity contribution in [3.8, 4) is 6.07 Å². The van der Waals surface area contributed by atoms with Crippen molar-refractivity contribution in [1.82, 2.24) is 0 Å².